The van der Waals surface area contributed by atoms with Crippen molar-refractivity contribution in [2.45, 2.75) is 26.0 Å². The zero-order valence-electron chi connectivity index (χ0n) is 14.5. The fourth-order valence-electron chi connectivity index (χ4n) is 2.20. The topological polar surface area (TPSA) is 94.3 Å². The molecule has 27 heavy (non-hydrogen) atoms. The fraction of sp³-hybridized carbons (Fsp3) is 0.222. The molecule has 0 unspecified atom stereocenters. The summed E-state index contributed by atoms with van der Waals surface area (Å²) in [5, 5.41) is 12.6. The minimum atomic E-state index is -0.879. The van der Waals surface area contributed by atoms with E-state index in [0.717, 1.165) is 4.88 Å². The minimum absolute atomic E-state index is 0.177. The van der Waals surface area contributed by atoms with E-state index >= 15 is 0 Å². The molecule has 2 aromatic heterocycles. The second-order valence-electron chi connectivity index (χ2n) is 5.68. The zero-order valence-corrected chi connectivity index (χ0v) is 16.1. The van der Waals surface area contributed by atoms with Crippen molar-refractivity contribution in [3.8, 4) is 10.8 Å². The third kappa shape index (κ3) is 4.53. The number of hydrogen-bond acceptors (Lipinski definition) is 7. The Morgan fingerprint density at radius 2 is 1.96 bits per heavy atom. The van der Waals surface area contributed by atoms with Gasteiger partial charge in [-0.05, 0) is 37.4 Å². The molecule has 2 atom stereocenters. The van der Waals surface area contributed by atoms with Gasteiger partial charge in [-0.2, -0.15) is 0 Å². The Kier molecular flexibility index (Phi) is 5.88. The van der Waals surface area contributed by atoms with Crippen LogP contribution in [0.15, 0.2) is 46.2 Å². The van der Waals surface area contributed by atoms with Gasteiger partial charge in [-0.3, -0.25) is 4.79 Å². The highest BCUT2D eigenvalue weighted by Gasteiger charge is 2.24. The summed E-state index contributed by atoms with van der Waals surface area (Å²) < 4.78 is 10.9. The van der Waals surface area contributed by atoms with Crippen LogP contribution in [0.3, 0.4) is 0 Å². The van der Waals surface area contributed by atoms with Gasteiger partial charge in [0.05, 0.1) is 15.5 Å². The molecule has 0 saturated heterocycles. The van der Waals surface area contributed by atoms with Crippen LogP contribution in [0.4, 0.5) is 0 Å². The van der Waals surface area contributed by atoms with E-state index in [0.29, 0.717) is 10.9 Å². The van der Waals surface area contributed by atoms with Crippen molar-refractivity contribution >= 4 is 34.8 Å². The van der Waals surface area contributed by atoms with E-state index < -0.39 is 24.0 Å². The number of halogens is 1. The van der Waals surface area contributed by atoms with Crippen LogP contribution in [-0.4, -0.2) is 28.1 Å². The van der Waals surface area contributed by atoms with Gasteiger partial charge in [-0.1, -0.05) is 29.8 Å². The number of carbonyl (C=O) groups excluding carboxylic acids is 2. The minimum Gasteiger partial charge on any atom is -0.451 e. The molecule has 3 aromatic rings. The van der Waals surface area contributed by atoms with Crippen molar-refractivity contribution < 1.29 is 18.7 Å². The molecule has 0 aliphatic carbocycles. The van der Waals surface area contributed by atoms with Gasteiger partial charge in [0.2, 0.25) is 0 Å². The van der Waals surface area contributed by atoms with Crippen molar-refractivity contribution in [3.63, 3.8) is 0 Å². The van der Waals surface area contributed by atoms with Gasteiger partial charge >= 0.3 is 5.97 Å². The fourth-order valence-corrected chi connectivity index (χ4v) is 3.07. The standard InChI is InChI=1S/C18H16ClN3O4S/c1-10(20-15(23)12-6-3-4-7-13(12)19)18(24)25-11(2)16-21-22-17(26-16)14-8-5-9-27-14/h3-11H,1-2H3,(H,20,23)/t10-,11-/m0/s1. The number of amides is 1. The maximum atomic E-state index is 12.3. The van der Waals surface area contributed by atoms with Gasteiger partial charge in [0, 0.05) is 0 Å². The summed E-state index contributed by atoms with van der Waals surface area (Å²) in [7, 11) is 0. The number of aromatic nitrogens is 2. The number of nitrogens with one attached hydrogen (secondary N) is 1. The molecule has 9 heteroatoms. The number of rotatable bonds is 6. The highest BCUT2D eigenvalue weighted by molar-refractivity contribution is 7.13. The smallest absolute Gasteiger partial charge is 0.329 e. The predicted molar refractivity (Wildman–Crippen MR) is 100 cm³/mol. The third-order valence-corrected chi connectivity index (χ3v) is 4.82. The van der Waals surface area contributed by atoms with Gasteiger partial charge in [0.25, 0.3) is 17.7 Å². The summed E-state index contributed by atoms with van der Waals surface area (Å²) >= 11 is 7.45. The lowest BCUT2D eigenvalue weighted by Crippen LogP contribution is -2.40. The van der Waals surface area contributed by atoms with E-state index in [1.165, 1.54) is 18.3 Å². The Bertz CT molecular complexity index is 942. The molecular weight excluding hydrogens is 390 g/mol. The SMILES string of the molecule is C[C@H](NC(=O)c1ccccc1Cl)C(=O)O[C@@H](C)c1nnc(-c2cccs2)o1. The van der Waals surface area contributed by atoms with E-state index in [1.54, 1.807) is 31.2 Å². The van der Waals surface area contributed by atoms with E-state index in [9.17, 15) is 9.59 Å². The largest absolute Gasteiger partial charge is 0.451 e. The number of carbonyl (C=O) groups is 2. The van der Waals surface area contributed by atoms with Gasteiger partial charge in [0.15, 0.2) is 6.10 Å². The summed E-state index contributed by atoms with van der Waals surface area (Å²) in [5.41, 5.74) is 0.282. The molecule has 7 nitrogen and oxygen atoms in total. The summed E-state index contributed by atoms with van der Waals surface area (Å²) in [6.07, 6.45) is -0.752. The van der Waals surface area contributed by atoms with Crippen LogP contribution >= 0.6 is 22.9 Å². The summed E-state index contributed by atoms with van der Waals surface area (Å²) in [6.45, 7) is 3.14. The number of benzene rings is 1. The van der Waals surface area contributed by atoms with E-state index in [4.69, 9.17) is 20.8 Å². The Morgan fingerprint density at radius 1 is 1.19 bits per heavy atom. The number of ether oxygens (including phenoxy) is 1. The van der Waals surface area contributed by atoms with E-state index in [-0.39, 0.29) is 11.5 Å². The number of hydrogen-bond donors (Lipinski definition) is 1. The van der Waals surface area contributed by atoms with Crippen molar-refractivity contribution in [1.29, 1.82) is 0 Å². The summed E-state index contributed by atoms with van der Waals surface area (Å²) in [4.78, 5) is 25.3. The predicted octanol–water partition coefficient (Wildman–Crippen LogP) is 3.87. The molecule has 2 heterocycles. The second-order valence-corrected chi connectivity index (χ2v) is 7.03. The normalized spacial score (nSPS) is 13.0. The first-order chi connectivity index (χ1) is 13.0. The highest BCUT2D eigenvalue weighted by Crippen LogP contribution is 2.26. The highest BCUT2D eigenvalue weighted by atomic mass is 35.5. The van der Waals surface area contributed by atoms with Gasteiger partial charge in [-0.25, -0.2) is 4.79 Å². The van der Waals surface area contributed by atoms with Crippen LogP contribution in [0.1, 0.15) is 36.2 Å². The molecule has 1 N–H and O–H groups in total. The molecule has 0 fully saturated rings. The van der Waals surface area contributed by atoms with Crippen LogP contribution < -0.4 is 5.32 Å². The summed E-state index contributed by atoms with van der Waals surface area (Å²) in [5.74, 6) is -0.548. The molecule has 0 radical (unpaired) electrons. The first-order valence-corrected chi connectivity index (χ1v) is 9.34. The van der Waals surface area contributed by atoms with E-state index in [1.807, 2.05) is 17.5 Å². The van der Waals surface area contributed by atoms with Crippen molar-refractivity contribution in [2.24, 2.45) is 0 Å². The zero-order chi connectivity index (χ0) is 19.4. The van der Waals surface area contributed by atoms with Crippen molar-refractivity contribution in [2.75, 3.05) is 0 Å². The molecule has 1 amide bonds. The number of thiophene rings is 1. The van der Waals surface area contributed by atoms with Crippen LogP contribution in [0.2, 0.25) is 5.02 Å². The summed E-state index contributed by atoms with van der Waals surface area (Å²) in [6, 6.07) is 9.42. The lowest BCUT2D eigenvalue weighted by atomic mass is 10.2. The van der Waals surface area contributed by atoms with Crippen LogP contribution in [-0.2, 0) is 9.53 Å². The first kappa shape index (κ1) is 19.1. The quantitative estimate of drug-likeness (QED) is 0.625. The van der Waals surface area contributed by atoms with Gasteiger partial charge in [-0.15, -0.1) is 21.5 Å². The Morgan fingerprint density at radius 3 is 2.67 bits per heavy atom. The van der Waals surface area contributed by atoms with Gasteiger partial charge < -0.3 is 14.5 Å². The Balaban J connectivity index is 1.59. The first-order valence-electron chi connectivity index (χ1n) is 8.09. The second kappa shape index (κ2) is 8.32. The molecule has 1 aromatic carbocycles. The Hall–Kier alpha value is -2.71. The average molecular weight is 406 g/mol. The number of esters is 1. The molecule has 3 rings (SSSR count). The monoisotopic (exact) mass is 405 g/mol. The lowest BCUT2D eigenvalue weighted by molar-refractivity contribution is -0.151. The maximum absolute atomic E-state index is 12.3. The van der Waals surface area contributed by atoms with Crippen LogP contribution in [0, 0.1) is 0 Å². The molecule has 0 saturated carbocycles. The van der Waals surface area contributed by atoms with Crippen LogP contribution in [0.5, 0.6) is 0 Å². The van der Waals surface area contributed by atoms with Crippen molar-refractivity contribution in [3.05, 3.63) is 58.3 Å². The van der Waals surface area contributed by atoms with Crippen LogP contribution in [0.25, 0.3) is 10.8 Å². The Labute approximate surface area is 164 Å². The molecule has 0 bridgehead atoms. The molecule has 0 spiro atoms. The number of nitrogens with zero attached hydrogens (tertiary/aromatic N) is 2. The maximum Gasteiger partial charge on any atom is 0.329 e. The molecule has 140 valence electrons. The van der Waals surface area contributed by atoms with Gasteiger partial charge in [0.1, 0.15) is 6.04 Å². The lowest BCUT2D eigenvalue weighted by Gasteiger charge is -2.16. The van der Waals surface area contributed by atoms with Crippen molar-refractivity contribution in [1.82, 2.24) is 15.5 Å². The van der Waals surface area contributed by atoms with E-state index in [2.05, 4.69) is 15.5 Å². The molecular formula is C18H16ClN3O4S. The average Bonchev–Trinajstić information content (AvgIpc) is 3.33. The molecule has 0 aliphatic heterocycles. The molecule has 0 aliphatic rings. The third-order valence-electron chi connectivity index (χ3n) is 3.63.